The summed E-state index contributed by atoms with van der Waals surface area (Å²) in [6.07, 6.45) is 1.54. The number of hydrogen-bond acceptors (Lipinski definition) is 4. The van der Waals surface area contributed by atoms with Crippen molar-refractivity contribution in [2.24, 2.45) is 0 Å². The molecule has 1 N–H and O–H groups in total. The predicted molar refractivity (Wildman–Crippen MR) is 80.0 cm³/mol. The largest absolute Gasteiger partial charge is 0.281 e. The Morgan fingerprint density at radius 1 is 1.43 bits per heavy atom. The van der Waals surface area contributed by atoms with Crippen molar-refractivity contribution in [1.29, 1.82) is 0 Å². The second kappa shape index (κ2) is 4.97. The van der Waals surface area contributed by atoms with Crippen LogP contribution in [0.25, 0.3) is 4.96 Å². The van der Waals surface area contributed by atoms with Gasteiger partial charge in [0, 0.05) is 11.6 Å². The van der Waals surface area contributed by atoms with Crippen LogP contribution < -0.4 is 4.72 Å². The second-order valence-corrected chi connectivity index (χ2v) is 7.18. The molecular weight excluding hydrogens is 337 g/mol. The molecule has 5 nitrogen and oxygen atoms in total. The first-order valence-corrected chi connectivity index (χ1v) is 8.52. The van der Waals surface area contributed by atoms with Crippen molar-refractivity contribution in [3.63, 3.8) is 0 Å². The van der Waals surface area contributed by atoms with Gasteiger partial charge < -0.3 is 0 Å². The number of anilines is 1. The highest BCUT2D eigenvalue weighted by molar-refractivity contribution is 7.92. The van der Waals surface area contributed by atoms with Crippen LogP contribution in [-0.2, 0) is 10.0 Å². The average Bonchev–Trinajstić information content (AvgIpc) is 2.91. The summed E-state index contributed by atoms with van der Waals surface area (Å²) in [4.78, 5) is 4.40. The zero-order chi connectivity index (χ0) is 15.2. The number of hydrogen-bond donors (Lipinski definition) is 1. The van der Waals surface area contributed by atoms with Crippen LogP contribution in [0.1, 0.15) is 5.56 Å². The lowest BCUT2D eigenvalue weighted by atomic mass is 10.2. The van der Waals surface area contributed by atoms with E-state index in [1.165, 1.54) is 27.9 Å². The molecule has 9 heteroatoms. The Morgan fingerprint density at radius 2 is 2.19 bits per heavy atom. The van der Waals surface area contributed by atoms with E-state index < -0.39 is 15.8 Å². The molecule has 0 unspecified atom stereocenters. The lowest BCUT2D eigenvalue weighted by molar-refractivity contribution is 0.594. The first kappa shape index (κ1) is 14.3. The van der Waals surface area contributed by atoms with Gasteiger partial charge in [0.1, 0.15) is 5.82 Å². The molecule has 2 aromatic heterocycles. The summed E-state index contributed by atoms with van der Waals surface area (Å²) in [6.45, 7) is 1.71. The molecule has 0 saturated carbocycles. The van der Waals surface area contributed by atoms with Crippen molar-refractivity contribution >= 4 is 43.6 Å². The molecule has 0 spiro atoms. The summed E-state index contributed by atoms with van der Waals surface area (Å²) in [6, 6.07) is 4.22. The molecule has 3 rings (SSSR count). The molecule has 0 bridgehead atoms. The molecule has 3 aromatic rings. The van der Waals surface area contributed by atoms with Gasteiger partial charge in [-0.3, -0.25) is 9.12 Å². The van der Waals surface area contributed by atoms with Crippen LogP contribution in [0.5, 0.6) is 0 Å². The third-order valence-electron chi connectivity index (χ3n) is 2.80. The van der Waals surface area contributed by atoms with Crippen LogP contribution in [0.4, 0.5) is 10.1 Å². The average molecular weight is 346 g/mol. The highest BCUT2D eigenvalue weighted by atomic mass is 35.5. The van der Waals surface area contributed by atoms with Crippen LogP contribution in [0.3, 0.4) is 0 Å². The zero-order valence-corrected chi connectivity index (χ0v) is 13.1. The highest BCUT2D eigenvalue weighted by Gasteiger charge is 2.26. The normalized spacial score (nSPS) is 12.0. The van der Waals surface area contributed by atoms with E-state index in [0.717, 1.165) is 0 Å². The summed E-state index contributed by atoms with van der Waals surface area (Å²) in [5.41, 5.74) is 0.555. The zero-order valence-electron chi connectivity index (χ0n) is 10.7. The number of benzene rings is 1. The monoisotopic (exact) mass is 345 g/mol. The Labute approximate surface area is 129 Å². The molecule has 0 atom stereocenters. The van der Waals surface area contributed by atoms with Crippen molar-refractivity contribution in [1.82, 2.24) is 9.38 Å². The Balaban J connectivity index is 2.08. The molecule has 1 aromatic carbocycles. The van der Waals surface area contributed by atoms with Gasteiger partial charge in [-0.05, 0) is 24.6 Å². The lowest BCUT2D eigenvalue weighted by Crippen LogP contribution is -2.16. The fourth-order valence-corrected chi connectivity index (χ4v) is 4.40. The van der Waals surface area contributed by atoms with Crippen molar-refractivity contribution in [3.05, 3.63) is 46.3 Å². The Kier molecular flexibility index (Phi) is 3.39. The number of thiazole rings is 1. The van der Waals surface area contributed by atoms with Crippen LogP contribution in [0.15, 0.2) is 34.8 Å². The molecule has 0 amide bonds. The minimum atomic E-state index is -4.05. The highest BCUT2D eigenvalue weighted by Crippen LogP contribution is 2.27. The fraction of sp³-hybridized carbons (Fsp3) is 0.0833. The summed E-state index contributed by atoms with van der Waals surface area (Å²) in [7, 11) is -4.05. The van der Waals surface area contributed by atoms with Crippen LogP contribution in [-0.4, -0.2) is 17.8 Å². The van der Waals surface area contributed by atoms with Crippen molar-refractivity contribution in [2.75, 3.05) is 4.72 Å². The molecule has 21 heavy (non-hydrogen) atoms. The molecule has 0 radical (unpaired) electrons. The maximum absolute atomic E-state index is 13.8. The molecule has 0 aliphatic heterocycles. The number of rotatable bonds is 3. The SMILES string of the molecule is Cc1ccc(NS(=O)(=O)c2c(Cl)nc3sccn23)c(F)c1. The number of nitrogens with one attached hydrogen (secondary N) is 1. The number of nitrogens with zero attached hydrogens (tertiary/aromatic N) is 2. The molecule has 0 aliphatic rings. The molecule has 0 saturated heterocycles. The molecule has 2 heterocycles. The van der Waals surface area contributed by atoms with Crippen LogP contribution in [0.2, 0.25) is 5.15 Å². The Hall–Kier alpha value is -1.64. The molecular formula is C12H9ClFN3O2S2. The molecule has 0 aliphatic carbocycles. The van der Waals surface area contributed by atoms with Crippen molar-refractivity contribution in [2.45, 2.75) is 11.9 Å². The summed E-state index contributed by atoms with van der Waals surface area (Å²) in [5, 5.41) is 1.33. The maximum atomic E-state index is 13.8. The van der Waals surface area contributed by atoms with Crippen LogP contribution >= 0.6 is 22.9 Å². The third-order valence-corrected chi connectivity index (χ3v) is 5.32. The number of aryl methyl sites for hydroxylation is 1. The third kappa shape index (κ3) is 2.50. The van der Waals surface area contributed by atoms with E-state index in [4.69, 9.17) is 11.6 Å². The quantitative estimate of drug-likeness (QED) is 0.792. The van der Waals surface area contributed by atoms with Gasteiger partial charge in [0.05, 0.1) is 5.69 Å². The van der Waals surface area contributed by atoms with E-state index in [9.17, 15) is 12.8 Å². The maximum Gasteiger partial charge on any atom is 0.281 e. The number of aromatic nitrogens is 2. The van der Waals surface area contributed by atoms with E-state index in [1.54, 1.807) is 24.6 Å². The van der Waals surface area contributed by atoms with E-state index in [1.807, 2.05) is 0 Å². The topological polar surface area (TPSA) is 63.5 Å². The Bertz CT molecular complexity index is 933. The summed E-state index contributed by atoms with van der Waals surface area (Å²) in [5.74, 6) is -0.652. The minimum absolute atomic E-state index is 0.137. The summed E-state index contributed by atoms with van der Waals surface area (Å²) < 4.78 is 42.2. The van der Waals surface area contributed by atoms with Gasteiger partial charge in [-0.25, -0.2) is 9.37 Å². The second-order valence-electron chi connectivity index (χ2n) is 4.35. The number of imidazole rings is 1. The first-order valence-electron chi connectivity index (χ1n) is 5.78. The van der Waals surface area contributed by atoms with E-state index in [-0.39, 0.29) is 15.9 Å². The number of sulfonamides is 1. The lowest BCUT2D eigenvalue weighted by Gasteiger charge is -2.09. The van der Waals surface area contributed by atoms with E-state index >= 15 is 0 Å². The van der Waals surface area contributed by atoms with Gasteiger partial charge >= 0.3 is 0 Å². The fourth-order valence-electron chi connectivity index (χ4n) is 1.88. The number of halogens is 2. The van der Waals surface area contributed by atoms with E-state index in [0.29, 0.717) is 10.5 Å². The van der Waals surface area contributed by atoms with Gasteiger partial charge in [-0.2, -0.15) is 8.42 Å². The van der Waals surface area contributed by atoms with Crippen molar-refractivity contribution < 1.29 is 12.8 Å². The van der Waals surface area contributed by atoms with Crippen molar-refractivity contribution in [3.8, 4) is 0 Å². The van der Waals surface area contributed by atoms with E-state index in [2.05, 4.69) is 9.71 Å². The first-order chi connectivity index (χ1) is 9.88. The van der Waals surface area contributed by atoms with Crippen LogP contribution in [0, 0.1) is 12.7 Å². The minimum Gasteiger partial charge on any atom is -0.278 e. The standard InChI is InChI=1S/C12H9ClFN3O2S2/c1-7-2-3-9(8(14)6-7)16-21(18,19)11-10(13)15-12-17(11)4-5-20-12/h2-6,16H,1H3. The van der Waals surface area contributed by atoms with Gasteiger partial charge in [-0.15, -0.1) is 11.3 Å². The van der Waals surface area contributed by atoms with Gasteiger partial charge in [0.25, 0.3) is 10.0 Å². The van der Waals surface area contributed by atoms with Gasteiger partial charge in [0.2, 0.25) is 0 Å². The summed E-state index contributed by atoms with van der Waals surface area (Å²) >= 11 is 7.14. The predicted octanol–water partition coefficient (Wildman–Crippen LogP) is 3.30. The molecule has 0 fully saturated rings. The smallest absolute Gasteiger partial charge is 0.278 e. The molecule has 110 valence electrons. The van der Waals surface area contributed by atoms with Gasteiger partial charge in [0.15, 0.2) is 15.1 Å². The Morgan fingerprint density at radius 3 is 2.90 bits per heavy atom. The van der Waals surface area contributed by atoms with Gasteiger partial charge in [-0.1, -0.05) is 17.7 Å². The number of fused-ring (bicyclic) bond motifs is 1.